The molecule has 1 amide bonds. The summed E-state index contributed by atoms with van der Waals surface area (Å²) >= 11 is 0. The minimum Gasteiger partial charge on any atom is -0.356 e. The van der Waals surface area contributed by atoms with Gasteiger partial charge < -0.3 is 15.5 Å². The van der Waals surface area contributed by atoms with E-state index in [9.17, 15) is 4.79 Å². The number of carbonyl (C=O) groups is 1. The van der Waals surface area contributed by atoms with Crippen LogP contribution in [-0.4, -0.2) is 50.1 Å². The van der Waals surface area contributed by atoms with E-state index >= 15 is 0 Å². The average molecular weight is 326 g/mol. The van der Waals surface area contributed by atoms with E-state index in [2.05, 4.69) is 22.5 Å². The highest BCUT2D eigenvalue weighted by atomic mass is 35.5. The van der Waals surface area contributed by atoms with E-state index in [0.29, 0.717) is 0 Å². The Morgan fingerprint density at radius 2 is 1.95 bits per heavy atom. The lowest BCUT2D eigenvalue weighted by Crippen LogP contribution is -2.37. The van der Waals surface area contributed by atoms with Crippen molar-refractivity contribution in [2.45, 2.75) is 32.6 Å². The molecular formula is C14H29Cl2N3O. The Morgan fingerprint density at radius 3 is 2.55 bits per heavy atom. The van der Waals surface area contributed by atoms with Crippen LogP contribution in [0.4, 0.5) is 0 Å². The predicted octanol–water partition coefficient (Wildman–Crippen LogP) is 1.68. The van der Waals surface area contributed by atoms with Crippen molar-refractivity contribution in [1.29, 1.82) is 0 Å². The highest BCUT2D eigenvalue weighted by molar-refractivity contribution is 5.85. The molecule has 6 heteroatoms. The van der Waals surface area contributed by atoms with Gasteiger partial charge in [0.05, 0.1) is 5.92 Å². The van der Waals surface area contributed by atoms with Gasteiger partial charge in [-0.3, -0.25) is 4.79 Å². The molecular weight excluding hydrogens is 297 g/mol. The molecule has 0 aromatic carbocycles. The number of halogens is 2. The lowest BCUT2D eigenvalue weighted by Gasteiger charge is -2.30. The summed E-state index contributed by atoms with van der Waals surface area (Å²) in [5, 5.41) is 6.30. The Balaban J connectivity index is 0.00000180. The zero-order chi connectivity index (χ0) is 12.8. The van der Waals surface area contributed by atoms with Crippen LogP contribution in [0.5, 0.6) is 0 Å². The molecule has 1 unspecified atom stereocenters. The van der Waals surface area contributed by atoms with Crippen LogP contribution in [0.15, 0.2) is 0 Å². The zero-order valence-electron chi connectivity index (χ0n) is 12.4. The van der Waals surface area contributed by atoms with E-state index in [0.717, 1.165) is 44.9 Å². The monoisotopic (exact) mass is 325 g/mol. The van der Waals surface area contributed by atoms with Gasteiger partial charge in [-0.1, -0.05) is 6.92 Å². The number of likely N-dealkylation sites (tertiary alicyclic amines) is 1. The van der Waals surface area contributed by atoms with Gasteiger partial charge in [-0.2, -0.15) is 0 Å². The lowest BCUT2D eigenvalue weighted by atomic mass is 9.99. The summed E-state index contributed by atoms with van der Waals surface area (Å²) < 4.78 is 0. The summed E-state index contributed by atoms with van der Waals surface area (Å²) in [6.07, 6.45) is 4.75. The van der Waals surface area contributed by atoms with Crippen LogP contribution in [-0.2, 0) is 4.79 Å². The summed E-state index contributed by atoms with van der Waals surface area (Å²) in [6, 6.07) is 0. The van der Waals surface area contributed by atoms with Gasteiger partial charge in [0.1, 0.15) is 0 Å². The molecule has 0 aliphatic carbocycles. The Hall–Kier alpha value is -0.0300. The van der Waals surface area contributed by atoms with Crippen LogP contribution in [0.2, 0.25) is 0 Å². The van der Waals surface area contributed by atoms with Crippen molar-refractivity contribution < 1.29 is 4.79 Å². The number of hydrogen-bond donors (Lipinski definition) is 2. The van der Waals surface area contributed by atoms with Gasteiger partial charge in [-0.15, -0.1) is 24.8 Å². The van der Waals surface area contributed by atoms with E-state index in [1.807, 2.05) is 0 Å². The van der Waals surface area contributed by atoms with Gasteiger partial charge in [0.15, 0.2) is 0 Å². The molecule has 2 N–H and O–H groups in total. The molecule has 2 aliphatic rings. The number of nitrogens with zero attached hydrogens (tertiary/aromatic N) is 1. The van der Waals surface area contributed by atoms with Gasteiger partial charge in [-0.25, -0.2) is 0 Å². The lowest BCUT2D eigenvalue weighted by molar-refractivity contribution is -0.124. The van der Waals surface area contributed by atoms with Crippen LogP contribution in [0.1, 0.15) is 32.6 Å². The first-order valence-corrected chi connectivity index (χ1v) is 7.46. The average Bonchev–Trinajstić information content (AvgIpc) is 2.90. The third kappa shape index (κ3) is 6.61. The Labute approximate surface area is 135 Å². The fraction of sp³-hybridized carbons (Fsp3) is 0.929. The maximum atomic E-state index is 11.8. The Morgan fingerprint density at radius 1 is 1.25 bits per heavy atom. The van der Waals surface area contributed by atoms with Gasteiger partial charge in [-0.05, 0) is 57.8 Å². The molecule has 120 valence electrons. The van der Waals surface area contributed by atoms with Crippen LogP contribution >= 0.6 is 24.8 Å². The van der Waals surface area contributed by atoms with Crippen LogP contribution in [0.3, 0.4) is 0 Å². The van der Waals surface area contributed by atoms with Gasteiger partial charge in [0.2, 0.25) is 5.91 Å². The molecule has 0 radical (unpaired) electrons. The van der Waals surface area contributed by atoms with E-state index in [-0.39, 0.29) is 36.6 Å². The third-order valence-electron chi connectivity index (χ3n) is 4.26. The molecule has 20 heavy (non-hydrogen) atoms. The highest BCUT2D eigenvalue weighted by Gasteiger charge is 2.21. The number of hydrogen-bond acceptors (Lipinski definition) is 3. The second kappa shape index (κ2) is 10.7. The second-order valence-electron chi connectivity index (χ2n) is 5.86. The minimum absolute atomic E-state index is 0. The number of rotatable bonds is 5. The third-order valence-corrected chi connectivity index (χ3v) is 4.26. The molecule has 4 nitrogen and oxygen atoms in total. The summed E-state index contributed by atoms with van der Waals surface area (Å²) in [7, 11) is 0. The molecule has 2 rings (SSSR count). The summed E-state index contributed by atoms with van der Waals surface area (Å²) in [4.78, 5) is 14.3. The minimum atomic E-state index is 0. The van der Waals surface area contributed by atoms with E-state index in [1.165, 1.54) is 25.9 Å². The predicted molar refractivity (Wildman–Crippen MR) is 87.9 cm³/mol. The Bertz CT molecular complexity index is 265. The second-order valence-corrected chi connectivity index (χ2v) is 5.86. The molecule has 2 heterocycles. The Kier molecular flexibility index (Phi) is 10.6. The topological polar surface area (TPSA) is 44.4 Å². The number of piperidine rings is 1. The molecule has 2 aliphatic heterocycles. The van der Waals surface area contributed by atoms with Crippen molar-refractivity contribution >= 4 is 30.7 Å². The van der Waals surface area contributed by atoms with Crippen LogP contribution in [0.25, 0.3) is 0 Å². The zero-order valence-corrected chi connectivity index (χ0v) is 14.0. The number of carbonyl (C=O) groups excluding carboxylic acids is 1. The van der Waals surface area contributed by atoms with Gasteiger partial charge in [0, 0.05) is 13.1 Å². The molecule has 1 atom stereocenters. The van der Waals surface area contributed by atoms with Crippen LogP contribution < -0.4 is 10.6 Å². The van der Waals surface area contributed by atoms with E-state index in [4.69, 9.17) is 0 Å². The molecule has 2 saturated heterocycles. The van der Waals surface area contributed by atoms with Gasteiger partial charge >= 0.3 is 0 Å². The fourth-order valence-corrected chi connectivity index (χ4v) is 2.82. The van der Waals surface area contributed by atoms with Gasteiger partial charge in [0.25, 0.3) is 0 Å². The largest absolute Gasteiger partial charge is 0.356 e. The fourth-order valence-electron chi connectivity index (χ4n) is 2.82. The first-order chi connectivity index (χ1) is 8.75. The van der Waals surface area contributed by atoms with Crippen molar-refractivity contribution in [3.8, 4) is 0 Å². The molecule has 0 spiro atoms. The smallest absolute Gasteiger partial charge is 0.224 e. The van der Waals surface area contributed by atoms with Crippen molar-refractivity contribution in [3.05, 3.63) is 0 Å². The maximum absolute atomic E-state index is 11.8. The summed E-state index contributed by atoms with van der Waals surface area (Å²) in [6.45, 7) is 8.63. The summed E-state index contributed by atoms with van der Waals surface area (Å²) in [5.41, 5.74) is 0. The quantitative estimate of drug-likeness (QED) is 0.756. The first kappa shape index (κ1) is 20.0. The van der Waals surface area contributed by atoms with Crippen molar-refractivity contribution in [3.63, 3.8) is 0 Å². The van der Waals surface area contributed by atoms with Crippen molar-refractivity contribution in [2.24, 2.45) is 11.8 Å². The van der Waals surface area contributed by atoms with E-state index < -0.39 is 0 Å². The highest BCUT2D eigenvalue weighted by Crippen LogP contribution is 2.15. The van der Waals surface area contributed by atoms with Crippen molar-refractivity contribution in [2.75, 3.05) is 39.3 Å². The standard InChI is InChI=1S/C14H27N3O.2ClH/c1-12-4-9-17(10-5-12)8-2-6-16-14(18)13-3-7-15-11-13;;/h12-13,15H,2-11H2,1H3,(H,16,18);2*1H. The molecule has 2 fully saturated rings. The SMILES string of the molecule is CC1CCN(CCCNC(=O)C2CCNC2)CC1.Cl.Cl. The number of amides is 1. The van der Waals surface area contributed by atoms with Crippen molar-refractivity contribution in [1.82, 2.24) is 15.5 Å². The maximum Gasteiger partial charge on any atom is 0.224 e. The molecule has 0 saturated carbocycles. The molecule has 0 aromatic heterocycles. The van der Waals surface area contributed by atoms with Crippen LogP contribution in [0, 0.1) is 11.8 Å². The summed E-state index contributed by atoms with van der Waals surface area (Å²) in [5.74, 6) is 1.35. The number of nitrogens with one attached hydrogen (secondary N) is 2. The first-order valence-electron chi connectivity index (χ1n) is 7.46. The molecule has 0 aromatic rings. The van der Waals surface area contributed by atoms with E-state index in [1.54, 1.807) is 0 Å². The normalized spacial score (nSPS) is 23.8. The molecule has 0 bridgehead atoms.